The molecule has 196 valence electrons. The number of ether oxygens (including phenoxy) is 2. The summed E-state index contributed by atoms with van der Waals surface area (Å²) >= 11 is 0. The second kappa shape index (κ2) is 9.15. The minimum Gasteiger partial charge on any atom is -0.492 e. The molecule has 0 aliphatic carbocycles. The predicted molar refractivity (Wildman–Crippen MR) is 140 cm³/mol. The quantitative estimate of drug-likeness (QED) is 0.499. The van der Waals surface area contributed by atoms with E-state index in [0.29, 0.717) is 54.5 Å². The van der Waals surface area contributed by atoms with Gasteiger partial charge >= 0.3 is 5.97 Å². The zero-order valence-corrected chi connectivity index (χ0v) is 21.9. The number of carbonyl (C=O) groups excluding carboxylic acids is 1. The number of nitrogens with zero attached hydrogens (tertiary/aromatic N) is 1. The fourth-order valence-corrected chi connectivity index (χ4v) is 6.42. The highest BCUT2D eigenvalue weighted by atomic mass is 19.1. The van der Waals surface area contributed by atoms with E-state index < -0.39 is 11.8 Å². The van der Waals surface area contributed by atoms with Gasteiger partial charge in [0.2, 0.25) is 0 Å². The van der Waals surface area contributed by atoms with Gasteiger partial charge in [-0.25, -0.2) is 4.39 Å². The normalized spacial score (nSPS) is 15.4. The van der Waals surface area contributed by atoms with Gasteiger partial charge in [0, 0.05) is 25.1 Å². The lowest BCUT2D eigenvalue weighted by Gasteiger charge is -2.25. The summed E-state index contributed by atoms with van der Waals surface area (Å²) < 4.78 is 26.7. The molecule has 0 fully saturated rings. The maximum atomic E-state index is 15.3. The highest BCUT2D eigenvalue weighted by Gasteiger charge is 2.34. The Balaban J connectivity index is 1.48. The molecule has 7 heteroatoms. The number of para-hydroxylation sites is 1. The molecule has 3 aliphatic heterocycles. The van der Waals surface area contributed by atoms with Crippen molar-refractivity contribution < 1.29 is 28.6 Å². The third kappa shape index (κ3) is 3.75. The summed E-state index contributed by atoms with van der Waals surface area (Å²) in [6.07, 6.45) is 2.14. The average Bonchev–Trinajstić information content (AvgIpc) is 3.57. The van der Waals surface area contributed by atoms with Gasteiger partial charge in [-0.1, -0.05) is 12.1 Å². The van der Waals surface area contributed by atoms with E-state index in [1.807, 2.05) is 32.9 Å². The zero-order chi connectivity index (χ0) is 26.7. The van der Waals surface area contributed by atoms with Crippen molar-refractivity contribution >= 4 is 11.9 Å². The Kier molecular flexibility index (Phi) is 5.89. The molecule has 0 saturated carbocycles. The largest absolute Gasteiger partial charge is 0.492 e. The fraction of sp³-hybridized carbons (Fsp3) is 0.355. The molecule has 6 rings (SSSR count). The van der Waals surface area contributed by atoms with Crippen molar-refractivity contribution in [1.29, 1.82) is 0 Å². The van der Waals surface area contributed by atoms with Crippen LogP contribution in [0.3, 0.4) is 0 Å². The number of halogens is 1. The van der Waals surface area contributed by atoms with E-state index in [9.17, 15) is 14.7 Å². The van der Waals surface area contributed by atoms with Crippen LogP contribution in [-0.4, -0.2) is 35.1 Å². The number of rotatable bonds is 4. The van der Waals surface area contributed by atoms with E-state index in [1.54, 1.807) is 11.0 Å². The van der Waals surface area contributed by atoms with Crippen LogP contribution in [0, 0.1) is 26.6 Å². The monoisotopic (exact) mass is 515 g/mol. The lowest BCUT2D eigenvalue weighted by Crippen LogP contribution is -2.25. The van der Waals surface area contributed by atoms with Gasteiger partial charge in [0.25, 0.3) is 5.91 Å². The Morgan fingerprint density at radius 1 is 0.947 bits per heavy atom. The molecule has 0 unspecified atom stereocenters. The number of carbonyl (C=O) groups is 2. The first kappa shape index (κ1) is 24.5. The van der Waals surface area contributed by atoms with Crippen molar-refractivity contribution in [2.75, 3.05) is 13.2 Å². The van der Waals surface area contributed by atoms with E-state index in [0.717, 1.165) is 63.8 Å². The molecule has 0 bridgehead atoms. The first-order valence-corrected chi connectivity index (χ1v) is 13.1. The standard InChI is InChI=1S/C31H30FNO5/c1-16-20-8-5-10-37-30(20)26(32)12-22(16)28-18(3)25-15-33(14-24(25)17(2)23(28)13-27(34)35)31(36)21-7-4-6-19-9-11-38-29(19)21/h4,6-7,12H,5,8-11,13-15H2,1-3H3,(H,34,35). The summed E-state index contributed by atoms with van der Waals surface area (Å²) in [5.74, 6) is -0.503. The van der Waals surface area contributed by atoms with Crippen LogP contribution in [0.25, 0.3) is 11.1 Å². The molecule has 0 spiro atoms. The van der Waals surface area contributed by atoms with Gasteiger partial charge in [-0.15, -0.1) is 0 Å². The van der Waals surface area contributed by atoms with Crippen molar-refractivity contribution in [1.82, 2.24) is 4.90 Å². The average molecular weight is 516 g/mol. The summed E-state index contributed by atoms with van der Waals surface area (Å²) in [6, 6.07) is 7.17. The maximum Gasteiger partial charge on any atom is 0.307 e. The Morgan fingerprint density at radius 3 is 2.45 bits per heavy atom. The van der Waals surface area contributed by atoms with Crippen molar-refractivity contribution in [3.05, 3.63) is 80.2 Å². The van der Waals surface area contributed by atoms with E-state index in [1.165, 1.54) is 6.07 Å². The number of benzene rings is 3. The SMILES string of the molecule is Cc1c(-c2c(C)c3c(c(C)c2CC(=O)O)CN(C(=O)c2cccc4c2OCC4)C3)cc(F)c2c1CCCO2. The van der Waals surface area contributed by atoms with Crippen molar-refractivity contribution in [3.8, 4) is 22.6 Å². The molecule has 1 N–H and O–H groups in total. The highest BCUT2D eigenvalue weighted by Crippen LogP contribution is 2.44. The lowest BCUT2D eigenvalue weighted by molar-refractivity contribution is -0.136. The molecule has 1 amide bonds. The minimum absolute atomic E-state index is 0.103. The summed E-state index contributed by atoms with van der Waals surface area (Å²) in [7, 11) is 0. The summed E-state index contributed by atoms with van der Waals surface area (Å²) in [4.78, 5) is 27.5. The molecule has 6 nitrogen and oxygen atoms in total. The number of carboxylic acids is 1. The highest BCUT2D eigenvalue weighted by molar-refractivity contribution is 5.98. The number of amides is 1. The molecule has 0 radical (unpaired) electrons. The van der Waals surface area contributed by atoms with Gasteiger partial charge in [-0.05, 0) is 95.8 Å². The Hall–Kier alpha value is -3.87. The van der Waals surface area contributed by atoms with Crippen LogP contribution >= 0.6 is 0 Å². The molecule has 0 aromatic heterocycles. The molecule has 3 aromatic carbocycles. The Morgan fingerprint density at radius 2 is 1.68 bits per heavy atom. The van der Waals surface area contributed by atoms with Gasteiger partial charge in [0.15, 0.2) is 11.6 Å². The van der Waals surface area contributed by atoms with Crippen LogP contribution in [-0.2, 0) is 37.1 Å². The van der Waals surface area contributed by atoms with Crippen molar-refractivity contribution in [2.45, 2.75) is 59.5 Å². The second-order valence-corrected chi connectivity index (χ2v) is 10.5. The molecule has 3 aliphatic rings. The van der Waals surface area contributed by atoms with Gasteiger partial charge in [-0.3, -0.25) is 9.59 Å². The Bertz CT molecular complexity index is 1530. The lowest BCUT2D eigenvalue weighted by atomic mass is 9.81. The molecular formula is C31H30FNO5. The van der Waals surface area contributed by atoms with E-state index in [4.69, 9.17) is 9.47 Å². The smallest absolute Gasteiger partial charge is 0.307 e. The van der Waals surface area contributed by atoms with E-state index in [2.05, 4.69) is 0 Å². The topological polar surface area (TPSA) is 76.1 Å². The van der Waals surface area contributed by atoms with Gasteiger partial charge in [-0.2, -0.15) is 0 Å². The second-order valence-electron chi connectivity index (χ2n) is 10.5. The summed E-state index contributed by atoms with van der Waals surface area (Å²) in [6.45, 7) is 7.70. The van der Waals surface area contributed by atoms with E-state index >= 15 is 4.39 Å². The van der Waals surface area contributed by atoms with Crippen molar-refractivity contribution in [3.63, 3.8) is 0 Å². The first-order chi connectivity index (χ1) is 18.3. The molecule has 0 atom stereocenters. The number of aliphatic carboxylic acids is 1. The van der Waals surface area contributed by atoms with E-state index in [-0.39, 0.29) is 12.3 Å². The third-order valence-corrected chi connectivity index (χ3v) is 8.36. The van der Waals surface area contributed by atoms with Gasteiger partial charge in [0.1, 0.15) is 5.75 Å². The fourth-order valence-electron chi connectivity index (χ4n) is 6.42. The van der Waals surface area contributed by atoms with Crippen LogP contribution in [0.2, 0.25) is 0 Å². The van der Waals surface area contributed by atoms with Gasteiger partial charge in [0.05, 0.1) is 25.2 Å². The molecule has 3 heterocycles. The van der Waals surface area contributed by atoms with Crippen LogP contribution in [0.1, 0.15) is 61.3 Å². The zero-order valence-electron chi connectivity index (χ0n) is 21.9. The molecular weight excluding hydrogens is 485 g/mol. The van der Waals surface area contributed by atoms with Crippen LogP contribution in [0.4, 0.5) is 4.39 Å². The number of hydrogen-bond donors (Lipinski definition) is 1. The summed E-state index contributed by atoms with van der Waals surface area (Å²) in [5, 5.41) is 9.82. The van der Waals surface area contributed by atoms with Crippen molar-refractivity contribution in [2.24, 2.45) is 0 Å². The predicted octanol–water partition coefficient (Wildman–Crippen LogP) is 5.46. The molecule has 38 heavy (non-hydrogen) atoms. The van der Waals surface area contributed by atoms with Crippen LogP contribution in [0.5, 0.6) is 11.5 Å². The Labute approximate surface area is 221 Å². The van der Waals surface area contributed by atoms with Gasteiger partial charge < -0.3 is 19.5 Å². The molecule has 3 aromatic rings. The van der Waals surface area contributed by atoms with Crippen LogP contribution in [0.15, 0.2) is 24.3 Å². The number of fused-ring (bicyclic) bond motifs is 3. The number of carboxylic acid groups (broad SMARTS) is 1. The first-order valence-electron chi connectivity index (χ1n) is 13.1. The number of hydrogen-bond acceptors (Lipinski definition) is 4. The molecule has 0 saturated heterocycles. The summed E-state index contributed by atoms with van der Waals surface area (Å²) in [5.41, 5.74) is 9.21. The van der Waals surface area contributed by atoms with Crippen LogP contribution < -0.4 is 9.47 Å². The maximum absolute atomic E-state index is 15.3. The third-order valence-electron chi connectivity index (χ3n) is 8.36. The minimum atomic E-state index is -0.948.